The van der Waals surface area contributed by atoms with Crippen molar-refractivity contribution in [3.8, 4) is 5.75 Å². The lowest BCUT2D eigenvalue weighted by Gasteiger charge is -2.24. The highest BCUT2D eigenvalue weighted by Crippen LogP contribution is 2.31. The Labute approximate surface area is 190 Å². The Morgan fingerprint density at radius 3 is 2.58 bits per heavy atom. The van der Waals surface area contributed by atoms with E-state index < -0.39 is 12.0 Å². The molecule has 0 radical (unpaired) electrons. The number of nitrogens with zero attached hydrogens (tertiary/aromatic N) is 2. The number of fused-ring (bicyclic) bond motifs is 1. The van der Waals surface area contributed by atoms with E-state index in [1.807, 2.05) is 42.5 Å². The van der Waals surface area contributed by atoms with E-state index in [1.54, 1.807) is 30.7 Å². The van der Waals surface area contributed by atoms with E-state index in [9.17, 15) is 9.59 Å². The number of halogens is 1. The van der Waals surface area contributed by atoms with Gasteiger partial charge < -0.3 is 9.47 Å². The van der Waals surface area contributed by atoms with E-state index in [-0.39, 0.29) is 5.56 Å². The van der Waals surface area contributed by atoms with Crippen molar-refractivity contribution in [3.05, 3.63) is 95.1 Å². The van der Waals surface area contributed by atoms with Gasteiger partial charge in [-0.15, -0.1) is 0 Å². The molecule has 0 amide bonds. The van der Waals surface area contributed by atoms with Gasteiger partial charge in [0.05, 0.1) is 36.1 Å². The van der Waals surface area contributed by atoms with Gasteiger partial charge in [-0.05, 0) is 48.4 Å². The fraction of sp³-hybridized carbons (Fsp3) is 0.174. The van der Waals surface area contributed by atoms with E-state index in [0.29, 0.717) is 26.4 Å². The Kier molecular flexibility index (Phi) is 5.93. The zero-order chi connectivity index (χ0) is 22.1. The Balaban J connectivity index is 1.96. The first-order valence-corrected chi connectivity index (χ1v) is 11.0. The van der Waals surface area contributed by atoms with Crippen LogP contribution in [0, 0.1) is 0 Å². The first-order valence-electron chi connectivity index (χ1n) is 9.43. The molecule has 31 heavy (non-hydrogen) atoms. The van der Waals surface area contributed by atoms with Crippen LogP contribution in [-0.4, -0.2) is 24.8 Å². The van der Waals surface area contributed by atoms with Gasteiger partial charge in [0.15, 0.2) is 4.80 Å². The van der Waals surface area contributed by atoms with Crippen molar-refractivity contribution in [2.75, 3.05) is 14.2 Å². The Bertz CT molecular complexity index is 1370. The number of carbonyl (C=O) groups is 1. The van der Waals surface area contributed by atoms with Gasteiger partial charge in [0.2, 0.25) is 0 Å². The Morgan fingerprint density at radius 2 is 1.94 bits per heavy atom. The molecule has 0 saturated heterocycles. The molecule has 4 rings (SSSR count). The normalized spacial score (nSPS) is 16.0. The predicted octanol–water partition coefficient (Wildman–Crippen LogP) is 3.18. The monoisotopic (exact) mass is 498 g/mol. The molecule has 0 spiro atoms. The minimum absolute atomic E-state index is 0.210. The van der Waals surface area contributed by atoms with Gasteiger partial charge in [-0.2, -0.15) is 0 Å². The number of carbonyl (C=O) groups excluding carboxylic acids is 1. The predicted molar refractivity (Wildman–Crippen MR) is 123 cm³/mol. The largest absolute Gasteiger partial charge is 0.497 e. The fourth-order valence-electron chi connectivity index (χ4n) is 3.54. The second kappa shape index (κ2) is 8.64. The molecule has 0 fully saturated rings. The summed E-state index contributed by atoms with van der Waals surface area (Å²) in [5.74, 6) is 0.175. The maximum absolute atomic E-state index is 13.4. The molecular weight excluding hydrogens is 480 g/mol. The van der Waals surface area contributed by atoms with Gasteiger partial charge >= 0.3 is 5.97 Å². The number of hydrogen-bond donors (Lipinski definition) is 0. The highest BCUT2D eigenvalue weighted by atomic mass is 79.9. The third kappa shape index (κ3) is 4.00. The van der Waals surface area contributed by atoms with Crippen LogP contribution >= 0.6 is 27.3 Å². The zero-order valence-corrected chi connectivity index (χ0v) is 19.5. The lowest BCUT2D eigenvalue weighted by Crippen LogP contribution is -2.39. The summed E-state index contributed by atoms with van der Waals surface area (Å²) in [6.45, 7) is 1.76. The first kappa shape index (κ1) is 21.3. The molecule has 0 saturated carbocycles. The van der Waals surface area contributed by atoms with Crippen LogP contribution in [0.1, 0.15) is 24.1 Å². The summed E-state index contributed by atoms with van der Waals surface area (Å²) >= 11 is 4.75. The van der Waals surface area contributed by atoms with Crippen molar-refractivity contribution in [3.63, 3.8) is 0 Å². The van der Waals surface area contributed by atoms with Gasteiger partial charge in [0.25, 0.3) is 5.56 Å². The molecule has 6 nitrogen and oxygen atoms in total. The summed E-state index contributed by atoms with van der Waals surface area (Å²) in [7, 11) is 2.91. The van der Waals surface area contributed by atoms with E-state index in [1.165, 1.54) is 18.4 Å². The number of benzene rings is 2. The molecule has 1 aliphatic rings. The van der Waals surface area contributed by atoms with Crippen LogP contribution in [0.4, 0.5) is 0 Å². The third-order valence-electron chi connectivity index (χ3n) is 5.00. The zero-order valence-electron chi connectivity index (χ0n) is 17.1. The minimum Gasteiger partial charge on any atom is -0.497 e. The van der Waals surface area contributed by atoms with Gasteiger partial charge in [0.1, 0.15) is 5.75 Å². The van der Waals surface area contributed by atoms with Gasteiger partial charge in [-0.3, -0.25) is 9.36 Å². The van der Waals surface area contributed by atoms with E-state index in [2.05, 4.69) is 20.9 Å². The molecule has 0 aliphatic carbocycles. The highest BCUT2D eigenvalue weighted by Gasteiger charge is 2.33. The molecule has 1 aliphatic heterocycles. The maximum Gasteiger partial charge on any atom is 0.338 e. The molecule has 158 valence electrons. The maximum atomic E-state index is 13.4. The van der Waals surface area contributed by atoms with Crippen LogP contribution in [0.3, 0.4) is 0 Å². The summed E-state index contributed by atoms with van der Waals surface area (Å²) in [5, 5.41) is 0. The molecule has 1 aromatic heterocycles. The number of esters is 1. The van der Waals surface area contributed by atoms with E-state index >= 15 is 0 Å². The molecule has 3 aromatic rings. The molecule has 0 N–H and O–H groups in total. The van der Waals surface area contributed by atoms with Crippen molar-refractivity contribution in [2.45, 2.75) is 13.0 Å². The topological polar surface area (TPSA) is 69.9 Å². The summed E-state index contributed by atoms with van der Waals surface area (Å²) in [6.07, 6.45) is 1.83. The van der Waals surface area contributed by atoms with Crippen molar-refractivity contribution >= 4 is 39.3 Å². The number of methoxy groups -OCH3 is 2. The van der Waals surface area contributed by atoms with Crippen molar-refractivity contribution in [2.24, 2.45) is 4.99 Å². The number of hydrogen-bond acceptors (Lipinski definition) is 6. The SMILES string of the molecule is COC(=O)C1=C(C)N=c2s/c(=C\c3cccc(Br)c3)c(=O)n2C1c1ccc(OC)cc1. The number of allylic oxidation sites excluding steroid dienone is 1. The van der Waals surface area contributed by atoms with Gasteiger partial charge in [-0.25, -0.2) is 9.79 Å². The van der Waals surface area contributed by atoms with Crippen molar-refractivity contribution in [1.82, 2.24) is 4.57 Å². The second-order valence-electron chi connectivity index (χ2n) is 6.90. The lowest BCUT2D eigenvalue weighted by atomic mass is 9.96. The molecular formula is C23H19BrN2O4S. The molecule has 1 atom stereocenters. The standard InChI is InChI=1S/C23H19BrN2O4S/c1-13-19(22(28)30-3)20(15-7-9-17(29-2)10-8-15)26-21(27)18(31-23(26)25-13)12-14-5-4-6-16(24)11-14/h4-12,20H,1-3H3/b18-12-. The average molecular weight is 499 g/mol. The average Bonchev–Trinajstić information content (AvgIpc) is 3.07. The third-order valence-corrected chi connectivity index (χ3v) is 6.48. The molecule has 0 bridgehead atoms. The van der Waals surface area contributed by atoms with Crippen LogP contribution in [-0.2, 0) is 9.53 Å². The van der Waals surface area contributed by atoms with Gasteiger partial charge in [-0.1, -0.05) is 51.5 Å². The molecule has 8 heteroatoms. The Morgan fingerprint density at radius 1 is 1.19 bits per heavy atom. The first-order chi connectivity index (χ1) is 14.9. The number of aromatic nitrogens is 1. The van der Waals surface area contributed by atoms with Crippen LogP contribution in [0.2, 0.25) is 0 Å². The highest BCUT2D eigenvalue weighted by molar-refractivity contribution is 9.10. The summed E-state index contributed by atoms with van der Waals surface area (Å²) < 4.78 is 13.3. The summed E-state index contributed by atoms with van der Waals surface area (Å²) in [5.41, 5.74) is 2.32. The molecule has 1 unspecified atom stereocenters. The number of rotatable bonds is 4. The molecule has 2 heterocycles. The van der Waals surface area contributed by atoms with Gasteiger partial charge in [0, 0.05) is 4.47 Å². The van der Waals surface area contributed by atoms with Crippen molar-refractivity contribution in [1.29, 1.82) is 0 Å². The van der Waals surface area contributed by atoms with E-state index in [4.69, 9.17) is 9.47 Å². The quantitative estimate of drug-likeness (QED) is 0.518. The van der Waals surface area contributed by atoms with Crippen LogP contribution in [0.5, 0.6) is 5.75 Å². The molecule has 2 aromatic carbocycles. The lowest BCUT2D eigenvalue weighted by molar-refractivity contribution is -0.136. The van der Waals surface area contributed by atoms with Crippen LogP contribution in [0.25, 0.3) is 6.08 Å². The summed E-state index contributed by atoms with van der Waals surface area (Å²) in [6, 6.07) is 14.3. The number of ether oxygens (including phenoxy) is 2. The second-order valence-corrected chi connectivity index (χ2v) is 8.83. The number of thiazole rings is 1. The summed E-state index contributed by atoms with van der Waals surface area (Å²) in [4.78, 5) is 31.2. The minimum atomic E-state index is -0.640. The van der Waals surface area contributed by atoms with Crippen LogP contribution in [0.15, 0.2) is 74.1 Å². The van der Waals surface area contributed by atoms with E-state index in [0.717, 1.165) is 15.6 Å². The smallest absolute Gasteiger partial charge is 0.338 e. The Hall–Kier alpha value is -2.97. The van der Waals surface area contributed by atoms with Crippen LogP contribution < -0.4 is 19.6 Å². The fourth-order valence-corrected chi connectivity index (χ4v) is 5.01. The van der Waals surface area contributed by atoms with Crippen molar-refractivity contribution < 1.29 is 14.3 Å².